The van der Waals surface area contributed by atoms with E-state index in [0.29, 0.717) is 5.92 Å². The Labute approximate surface area is 121 Å². The maximum Gasteiger partial charge on any atom is 0.123 e. The molecule has 0 spiro atoms. The normalized spacial score (nSPS) is 18.6. The van der Waals surface area contributed by atoms with Crippen LogP contribution in [0.2, 0.25) is 0 Å². The highest BCUT2D eigenvalue weighted by Crippen LogP contribution is 2.23. The van der Waals surface area contributed by atoms with Crippen LogP contribution in [-0.2, 0) is 11.3 Å². The number of benzene rings is 1. The molecule has 1 unspecified atom stereocenters. The summed E-state index contributed by atoms with van der Waals surface area (Å²) in [4.78, 5) is 4.58. The van der Waals surface area contributed by atoms with Crippen molar-refractivity contribution in [3.63, 3.8) is 0 Å². The average Bonchev–Trinajstić information content (AvgIpc) is 3.11. The molecule has 1 aromatic heterocycles. The zero-order valence-corrected chi connectivity index (χ0v) is 12.0. The van der Waals surface area contributed by atoms with E-state index in [2.05, 4.69) is 15.7 Å². The number of halogens is 1. The molecule has 1 saturated heterocycles. The molecular formula is C15H17FN2OS. The van der Waals surface area contributed by atoms with Gasteiger partial charge >= 0.3 is 0 Å². The van der Waals surface area contributed by atoms with Crippen molar-refractivity contribution in [2.45, 2.75) is 13.0 Å². The van der Waals surface area contributed by atoms with Crippen LogP contribution in [0.5, 0.6) is 0 Å². The molecule has 0 bridgehead atoms. The van der Waals surface area contributed by atoms with Gasteiger partial charge in [-0.1, -0.05) is 0 Å². The topological polar surface area (TPSA) is 34.2 Å². The fourth-order valence-corrected chi connectivity index (χ4v) is 3.09. The summed E-state index contributed by atoms with van der Waals surface area (Å²) in [5, 5.41) is 6.41. The molecule has 3 rings (SSSR count). The van der Waals surface area contributed by atoms with E-state index in [1.54, 1.807) is 23.5 Å². The molecule has 0 aliphatic carbocycles. The maximum atomic E-state index is 12.9. The van der Waals surface area contributed by atoms with Crippen LogP contribution < -0.4 is 5.32 Å². The summed E-state index contributed by atoms with van der Waals surface area (Å²) >= 11 is 1.59. The molecule has 0 saturated carbocycles. The van der Waals surface area contributed by atoms with Gasteiger partial charge < -0.3 is 10.1 Å². The molecule has 106 valence electrons. The fourth-order valence-electron chi connectivity index (χ4n) is 2.26. The summed E-state index contributed by atoms with van der Waals surface area (Å²) in [6.45, 7) is 3.50. The van der Waals surface area contributed by atoms with Crippen LogP contribution in [0.1, 0.15) is 12.1 Å². The lowest BCUT2D eigenvalue weighted by atomic mass is 10.1. The highest BCUT2D eigenvalue weighted by Gasteiger charge is 2.14. The zero-order valence-electron chi connectivity index (χ0n) is 11.1. The third kappa shape index (κ3) is 3.42. The first-order valence-corrected chi connectivity index (χ1v) is 7.68. The van der Waals surface area contributed by atoms with E-state index in [9.17, 15) is 4.39 Å². The van der Waals surface area contributed by atoms with Crippen molar-refractivity contribution in [2.75, 3.05) is 19.8 Å². The van der Waals surface area contributed by atoms with E-state index in [4.69, 9.17) is 4.74 Å². The molecule has 0 amide bonds. The van der Waals surface area contributed by atoms with Gasteiger partial charge in [-0.25, -0.2) is 9.37 Å². The zero-order chi connectivity index (χ0) is 13.8. The van der Waals surface area contributed by atoms with Crippen LogP contribution >= 0.6 is 11.3 Å². The Morgan fingerprint density at radius 1 is 1.35 bits per heavy atom. The van der Waals surface area contributed by atoms with Gasteiger partial charge in [-0.05, 0) is 36.6 Å². The SMILES string of the molecule is Fc1ccc(-c2nc(CNCC3CCOC3)cs2)cc1. The van der Waals surface area contributed by atoms with Crippen LogP contribution in [-0.4, -0.2) is 24.7 Å². The summed E-state index contributed by atoms with van der Waals surface area (Å²) in [6, 6.07) is 6.46. The van der Waals surface area contributed by atoms with Crippen molar-refractivity contribution in [2.24, 2.45) is 5.92 Å². The van der Waals surface area contributed by atoms with Crippen molar-refractivity contribution in [3.05, 3.63) is 41.2 Å². The first-order chi connectivity index (χ1) is 9.81. The van der Waals surface area contributed by atoms with Gasteiger partial charge in [0, 0.05) is 30.6 Å². The lowest BCUT2D eigenvalue weighted by molar-refractivity contribution is 0.185. The molecule has 5 heteroatoms. The minimum atomic E-state index is -0.217. The summed E-state index contributed by atoms with van der Waals surface area (Å²) < 4.78 is 18.2. The van der Waals surface area contributed by atoms with Crippen LogP contribution in [0.3, 0.4) is 0 Å². The third-order valence-electron chi connectivity index (χ3n) is 3.41. The standard InChI is InChI=1S/C15H17FN2OS/c16-13-3-1-12(2-4-13)15-18-14(10-20-15)8-17-7-11-5-6-19-9-11/h1-4,10-11,17H,5-9H2. The monoisotopic (exact) mass is 292 g/mol. The fraction of sp³-hybridized carbons (Fsp3) is 0.400. The molecule has 2 heterocycles. The highest BCUT2D eigenvalue weighted by molar-refractivity contribution is 7.13. The van der Waals surface area contributed by atoms with Gasteiger partial charge in [0.05, 0.1) is 12.3 Å². The van der Waals surface area contributed by atoms with Crippen molar-refractivity contribution in [1.29, 1.82) is 0 Å². The van der Waals surface area contributed by atoms with E-state index in [1.165, 1.54) is 12.1 Å². The molecule has 1 aromatic carbocycles. The Bertz CT molecular complexity index is 549. The summed E-state index contributed by atoms with van der Waals surface area (Å²) in [5.74, 6) is 0.413. The van der Waals surface area contributed by atoms with Crippen molar-refractivity contribution in [1.82, 2.24) is 10.3 Å². The molecule has 1 atom stereocenters. The van der Waals surface area contributed by atoms with Crippen molar-refractivity contribution >= 4 is 11.3 Å². The largest absolute Gasteiger partial charge is 0.381 e. The van der Waals surface area contributed by atoms with E-state index in [-0.39, 0.29) is 5.82 Å². The highest BCUT2D eigenvalue weighted by atomic mass is 32.1. The van der Waals surface area contributed by atoms with Crippen molar-refractivity contribution in [3.8, 4) is 10.6 Å². The summed E-state index contributed by atoms with van der Waals surface area (Å²) in [6.07, 6.45) is 1.14. The molecule has 1 aliphatic heterocycles. The van der Waals surface area contributed by atoms with Crippen molar-refractivity contribution < 1.29 is 9.13 Å². The molecule has 3 nitrogen and oxygen atoms in total. The number of hydrogen-bond donors (Lipinski definition) is 1. The molecule has 1 aliphatic rings. The molecule has 2 aromatic rings. The number of ether oxygens (including phenoxy) is 1. The number of thiazole rings is 1. The minimum absolute atomic E-state index is 0.217. The van der Waals surface area contributed by atoms with Crippen LogP contribution in [0, 0.1) is 11.7 Å². The lowest BCUT2D eigenvalue weighted by Gasteiger charge is -2.07. The van der Waals surface area contributed by atoms with E-state index in [1.807, 2.05) is 0 Å². The van der Waals surface area contributed by atoms with Crippen LogP contribution in [0.4, 0.5) is 4.39 Å². The smallest absolute Gasteiger partial charge is 0.123 e. The maximum absolute atomic E-state index is 12.9. The van der Waals surface area contributed by atoms with E-state index >= 15 is 0 Å². The predicted molar refractivity (Wildman–Crippen MR) is 78.1 cm³/mol. The van der Waals surface area contributed by atoms with E-state index < -0.39 is 0 Å². The quantitative estimate of drug-likeness (QED) is 0.919. The Balaban J connectivity index is 1.55. The number of hydrogen-bond acceptors (Lipinski definition) is 4. The lowest BCUT2D eigenvalue weighted by Crippen LogP contribution is -2.22. The molecule has 1 N–H and O–H groups in total. The number of nitrogens with zero attached hydrogens (tertiary/aromatic N) is 1. The first-order valence-electron chi connectivity index (χ1n) is 6.80. The third-order valence-corrected chi connectivity index (χ3v) is 4.35. The summed E-state index contributed by atoms with van der Waals surface area (Å²) in [7, 11) is 0. The Morgan fingerprint density at radius 2 is 2.20 bits per heavy atom. The van der Waals surface area contributed by atoms with Gasteiger partial charge in [0.25, 0.3) is 0 Å². The summed E-state index contributed by atoms with van der Waals surface area (Å²) in [5.41, 5.74) is 2.00. The average molecular weight is 292 g/mol. The molecule has 20 heavy (non-hydrogen) atoms. The second kappa shape index (κ2) is 6.43. The number of rotatable bonds is 5. The van der Waals surface area contributed by atoms with Gasteiger partial charge in [-0.2, -0.15) is 0 Å². The Hall–Kier alpha value is -1.30. The van der Waals surface area contributed by atoms with Crippen LogP contribution in [0.25, 0.3) is 10.6 Å². The number of nitrogens with one attached hydrogen (secondary N) is 1. The van der Waals surface area contributed by atoms with Gasteiger partial charge in [-0.15, -0.1) is 11.3 Å². The first kappa shape index (κ1) is 13.7. The van der Waals surface area contributed by atoms with Gasteiger partial charge in [0.1, 0.15) is 10.8 Å². The number of aromatic nitrogens is 1. The van der Waals surface area contributed by atoms with Gasteiger partial charge in [0.15, 0.2) is 0 Å². The van der Waals surface area contributed by atoms with Gasteiger partial charge in [0.2, 0.25) is 0 Å². The Morgan fingerprint density at radius 3 is 2.95 bits per heavy atom. The Kier molecular flexibility index (Phi) is 4.40. The predicted octanol–water partition coefficient (Wildman–Crippen LogP) is 3.08. The molecule has 0 radical (unpaired) electrons. The molecule has 1 fully saturated rings. The minimum Gasteiger partial charge on any atom is -0.381 e. The van der Waals surface area contributed by atoms with Crippen LogP contribution in [0.15, 0.2) is 29.6 Å². The van der Waals surface area contributed by atoms with Gasteiger partial charge in [-0.3, -0.25) is 0 Å². The second-order valence-electron chi connectivity index (χ2n) is 5.01. The molecular weight excluding hydrogens is 275 g/mol. The van der Waals surface area contributed by atoms with E-state index in [0.717, 1.165) is 49.0 Å². The second-order valence-corrected chi connectivity index (χ2v) is 5.87.